The number of ether oxygens (including phenoxy) is 1. The van der Waals surface area contributed by atoms with E-state index in [-0.39, 0.29) is 6.04 Å². The lowest BCUT2D eigenvalue weighted by molar-refractivity contribution is 0.00900. The molecule has 1 fully saturated rings. The van der Waals surface area contributed by atoms with Gasteiger partial charge in [0, 0.05) is 5.56 Å². The molecule has 1 aliphatic rings. The molecule has 2 heterocycles. The van der Waals surface area contributed by atoms with Gasteiger partial charge in [-0.25, -0.2) is 14.6 Å². The van der Waals surface area contributed by atoms with E-state index in [0.29, 0.717) is 5.82 Å². The highest BCUT2D eigenvalue weighted by atomic mass is 16.5. The first-order chi connectivity index (χ1) is 15.0. The van der Waals surface area contributed by atoms with Gasteiger partial charge < -0.3 is 15.6 Å². The summed E-state index contributed by atoms with van der Waals surface area (Å²) in [6, 6.07) is 17.6. The molecule has 0 spiro atoms. The van der Waals surface area contributed by atoms with E-state index in [1.165, 1.54) is 6.33 Å². The van der Waals surface area contributed by atoms with Crippen LogP contribution in [0.15, 0.2) is 60.9 Å². The fraction of sp³-hybridized carbons (Fsp3) is 0.292. The van der Waals surface area contributed by atoms with Gasteiger partial charge >= 0.3 is 0 Å². The number of hydrogen-bond donors (Lipinski definition) is 2. The lowest BCUT2D eigenvalue weighted by Gasteiger charge is -2.33. The molecule has 3 N–H and O–H groups in total. The smallest absolute Gasteiger partial charge is 0.164 e. The summed E-state index contributed by atoms with van der Waals surface area (Å²) in [5, 5.41) is 16.0. The van der Waals surface area contributed by atoms with Crippen LogP contribution >= 0.6 is 0 Å². The lowest BCUT2D eigenvalue weighted by atomic mass is 9.84. The second-order valence-electron chi connectivity index (χ2n) is 8.42. The van der Waals surface area contributed by atoms with Gasteiger partial charge in [-0.1, -0.05) is 18.2 Å². The number of nitrogens with two attached hydrogens (primary N) is 1. The molecule has 0 amide bonds. The predicted molar refractivity (Wildman–Crippen MR) is 120 cm³/mol. The van der Waals surface area contributed by atoms with Crippen LogP contribution < -0.4 is 10.5 Å². The number of nitrogens with zero attached hydrogens (tertiary/aromatic N) is 4. The molecule has 0 radical (unpaired) electrons. The minimum Gasteiger partial charge on any atom is -0.457 e. The molecule has 7 heteroatoms. The van der Waals surface area contributed by atoms with Gasteiger partial charge in [-0.2, -0.15) is 5.10 Å². The Labute approximate surface area is 180 Å². The summed E-state index contributed by atoms with van der Waals surface area (Å²) in [5.41, 5.74) is 8.06. The maximum atomic E-state index is 10.3. The molecule has 0 bridgehead atoms. The molecule has 0 unspecified atom stereocenters. The van der Waals surface area contributed by atoms with Crippen molar-refractivity contribution in [1.82, 2.24) is 19.7 Å². The minimum absolute atomic E-state index is 0.173. The van der Waals surface area contributed by atoms with Gasteiger partial charge in [0.05, 0.1) is 17.0 Å². The largest absolute Gasteiger partial charge is 0.457 e. The van der Waals surface area contributed by atoms with Crippen molar-refractivity contribution in [2.75, 3.05) is 5.73 Å². The van der Waals surface area contributed by atoms with Crippen LogP contribution in [-0.2, 0) is 0 Å². The molecule has 31 heavy (non-hydrogen) atoms. The summed E-state index contributed by atoms with van der Waals surface area (Å²) in [4.78, 5) is 8.69. The maximum absolute atomic E-state index is 10.3. The minimum atomic E-state index is -0.606. The van der Waals surface area contributed by atoms with E-state index in [9.17, 15) is 5.11 Å². The quantitative estimate of drug-likeness (QED) is 0.500. The Balaban J connectivity index is 1.50. The molecule has 2 aromatic carbocycles. The normalized spacial score (nSPS) is 21.3. The van der Waals surface area contributed by atoms with Crippen LogP contribution in [0.1, 0.15) is 38.6 Å². The van der Waals surface area contributed by atoms with E-state index in [2.05, 4.69) is 9.97 Å². The van der Waals surface area contributed by atoms with E-state index in [1.54, 1.807) is 0 Å². The second kappa shape index (κ2) is 7.67. The fourth-order valence-electron chi connectivity index (χ4n) is 4.23. The first-order valence-corrected chi connectivity index (χ1v) is 10.5. The van der Waals surface area contributed by atoms with Crippen LogP contribution in [0.5, 0.6) is 11.5 Å². The Kier molecular flexibility index (Phi) is 4.82. The van der Waals surface area contributed by atoms with Gasteiger partial charge in [0.25, 0.3) is 0 Å². The van der Waals surface area contributed by atoms with Crippen molar-refractivity contribution in [1.29, 1.82) is 0 Å². The molecule has 0 saturated heterocycles. The van der Waals surface area contributed by atoms with Gasteiger partial charge in [-0.3, -0.25) is 0 Å². The topological polar surface area (TPSA) is 99.1 Å². The van der Waals surface area contributed by atoms with Crippen LogP contribution in [0.25, 0.3) is 22.3 Å². The van der Waals surface area contributed by atoms with Crippen LogP contribution in [0.4, 0.5) is 5.82 Å². The molecule has 0 atom stereocenters. The lowest BCUT2D eigenvalue weighted by Crippen LogP contribution is -2.31. The van der Waals surface area contributed by atoms with Crippen LogP contribution in [0.3, 0.4) is 0 Å². The first-order valence-electron chi connectivity index (χ1n) is 10.5. The van der Waals surface area contributed by atoms with Crippen molar-refractivity contribution in [3.63, 3.8) is 0 Å². The van der Waals surface area contributed by atoms with Gasteiger partial charge in [0.15, 0.2) is 5.65 Å². The summed E-state index contributed by atoms with van der Waals surface area (Å²) in [6.45, 7) is 1.90. The average molecular weight is 415 g/mol. The summed E-state index contributed by atoms with van der Waals surface area (Å²) in [7, 11) is 0. The van der Waals surface area contributed by atoms with E-state index in [1.807, 2.05) is 66.2 Å². The molecule has 158 valence electrons. The van der Waals surface area contributed by atoms with Gasteiger partial charge in [-0.15, -0.1) is 0 Å². The molecule has 0 aliphatic heterocycles. The fourth-order valence-corrected chi connectivity index (χ4v) is 4.23. The number of hydrogen-bond acceptors (Lipinski definition) is 6. The standard InChI is InChI=1S/C24H25N5O2/c1-24(30)13-11-17(12-14-24)29-23-20(22(25)26-15-27-23)21(28-29)16-7-9-19(10-8-16)31-18-5-3-2-4-6-18/h2-10,15,17,30H,11-14H2,1H3,(H2,25,26,27)/t17-,24-. The van der Waals surface area contributed by atoms with Crippen molar-refractivity contribution in [3.05, 3.63) is 60.9 Å². The number of anilines is 1. The highest BCUT2D eigenvalue weighted by Crippen LogP contribution is 2.38. The van der Waals surface area contributed by atoms with Crippen LogP contribution in [0, 0.1) is 0 Å². The Morgan fingerprint density at radius 1 is 1.00 bits per heavy atom. The summed E-state index contributed by atoms with van der Waals surface area (Å²) < 4.78 is 7.87. The summed E-state index contributed by atoms with van der Waals surface area (Å²) >= 11 is 0. The molecule has 1 saturated carbocycles. The third kappa shape index (κ3) is 3.84. The number of aliphatic hydroxyl groups is 1. The van der Waals surface area contributed by atoms with Gasteiger partial charge in [-0.05, 0) is 69.0 Å². The SMILES string of the molecule is C[C@]1(O)CC[C@H](n2nc(-c3ccc(Oc4ccccc4)cc3)c3c(N)ncnc32)CC1. The van der Waals surface area contributed by atoms with Crippen molar-refractivity contribution >= 4 is 16.9 Å². The third-order valence-electron chi connectivity index (χ3n) is 6.00. The van der Waals surface area contributed by atoms with Crippen molar-refractivity contribution in [2.24, 2.45) is 0 Å². The third-order valence-corrected chi connectivity index (χ3v) is 6.00. The average Bonchev–Trinajstić information content (AvgIpc) is 3.16. The Bertz CT molecular complexity index is 1190. The Morgan fingerprint density at radius 2 is 1.68 bits per heavy atom. The zero-order valence-corrected chi connectivity index (χ0v) is 17.4. The van der Waals surface area contributed by atoms with E-state index >= 15 is 0 Å². The molecule has 7 nitrogen and oxygen atoms in total. The molecule has 5 rings (SSSR count). The summed E-state index contributed by atoms with van der Waals surface area (Å²) in [6.07, 6.45) is 4.64. The van der Waals surface area contributed by atoms with Crippen LogP contribution in [-0.4, -0.2) is 30.5 Å². The van der Waals surface area contributed by atoms with Crippen LogP contribution in [0.2, 0.25) is 0 Å². The van der Waals surface area contributed by atoms with Crippen molar-refractivity contribution in [3.8, 4) is 22.8 Å². The number of aromatic nitrogens is 4. The molecular formula is C24H25N5O2. The molecule has 4 aromatic rings. The van der Waals surface area contributed by atoms with Crippen molar-refractivity contribution < 1.29 is 9.84 Å². The zero-order chi connectivity index (χ0) is 21.4. The number of para-hydroxylation sites is 1. The maximum Gasteiger partial charge on any atom is 0.164 e. The number of fused-ring (bicyclic) bond motifs is 1. The van der Waals surface area contributed by atoms with E-state index in [4.69, 9.17) is 15.6 Å². The Hall–Kier alpha value is -3.45. The van der Waals surface area contributed by atoms with E-state index in [0.717, 1.165) is 59.5 Å². The predicted octanol–water partition coefficient (Wildman–Crippen LogP) is 4.73. The second-order valence-corrected chi connectivity index (χ2v) is 8.42. The van der Waals surface area contributed by atoms with E-state index < -0.39 is 5.60 Å². The van der Waals surface area contributed by atoms with Gasteiger partial charge in [0.2, 0.25) is 0 Å². The zero-order valence-electron chi connectivity index (χ0n) is 17.4. The van der Waals surface area contributed by atoms with Gasteiger partial charge in [0.1, 0.15) is 29.3 Å². The highest BCUT2D eigenvalue weighted by Gasteiger charge is 2.31. The number of benzene rings is 2. The molecular weight excluding hydrogens is 390 g/mol. The number of nitrogen functional groups attached to an aromatic ring is 1. The monoisotopic (exact) mass is 415 g/mol. The Morgan fingerprint density at radius 3 is 2.39 bits per heavy atom. The number of rotatable bonds is 4. The van der Waals surface area contributed by atoms with Crippen molar-refractivity contribution in [2.45, 2.75) is 44.2 Å². The molecule has 1 aliphatic carbocycles. The first kappa shape index (κ1) is 19.5. The summed E-state index contributed by atoms with van der Waals surface area (Å²) in [5.74, 6) is 1.95. The molecule has 2 aromatic heterocycles. The highest BCUT2D eigenvalue weighted by molar-refractivity contribution is 5.98.